The summed E-state index contributed by atoms with van der Waals surface area (Å²) in [5.41, 5.74) is 9.03. The molecule has 5 rings (SSSR count). The van der Waals surface area contributed by atoms with Crippen molar-refractivity contribution in [2.45, 2.75) is 102 Å². The molecule has 10 heteroatoms. The molecule has 0 spiro atoms. The van der Waals surface area contributed by atoms with Gasteiger partial charge in [-0.25, -0.2) is 9.78 Å². The first-order valence-electron chi connectivity index (χ1n) is 15.7. The average molecular weight is 601 g/mol. The second kappa shape index (κ2) is 13.3. The lowest BCUT2D eigenvalue weighted by molar-refractivity contribution is -0.124. The normalized spacial score (nSPS) is 18.0. The molecule has 2 aromatic carbocycles. The highest BCUT2D eigenvalue weighted by Gasteiger charge is 2.29. The number of imidazole rings is 1. The van der Waals surface area contributed by atoms with Crippen LogP contribution in [0.3, 0.4) is 0 Å². The quantitative estimate of drug-likeness (QED) is 0.353. The molecule has 10 nitrogen and oxygen atoms in total. The second-order valence-electron chi connectivity index (χ2n) is 13.0. The van der Waals surface area contributed by atoms with E-state index in [-0.39, 0.29) is 24.1 Å². The summed E-state index contributed by atoms with van der Waals surface area (Å²) < 4.78 is 13.6. The number of nitrogens with one attached hydrogen (secondary N) is 1. The number of nitrogens with zero attached hydrogens (tertiary/aromatic N) is 4. The van der Waals surface area contributed by atoms with E-state index in [1.165, 1.54) is 6.42 Å². The number of hydrogen-bond acceptors (Lipinski definition) is 7. The maximum absolute atomic E-state index is 13.4. The summed E-state index contributed by atoms with van der Waals surface area (Å²) in [5, 5.41) is 12.7. The molecule has 0 bridgehead atoms. The van der Waals surface area contributed by atoms with Crippen molar-refractivity contribution in [2.75, 3.05) is 13.1 Å². The van der Waals surface area contributed by atoms with Crippen LogP contribution < -0.4 is 15.8 Å². The fourth-order valence-corrected chi connectivity index (χ4v) is 6.08. The topological polar surface area (TPSA) is 136 Å². The molecule has 2 heterocycles. The second-order valence-corrected chi connectivity index (χ2v) is 13.0. The van der Waals surface area contributed by atoms with Gasteiger partial charge in [0.15, 0.2) is 0 Å². The van der Waals surface area contributed by atoms with Gasteiger partial charge in [-0.2, -0.15) is 5.26 Å². The number of rotatable bonds is 7. The Kier molecular flexibility index (Phi) is 9.45. The van der Waals surface area contributed by atoms with Crippen LogP contribution in [0.4, 0.5) is 4.79 Å². The van der Waals surface area contributed by atoms with Gasteiger partial charge in [-0.1, -0.05) is 31.4 Å². The molecule has 0 radical (unpaired) electrons. The first-order chi connectivity index (χ1) is 21.0. The third-order valence-electron chi connectivity index (χ3n) is 8.48. The molecular formula is C34H44N6O4. The molecule has 44 heavy (non-hydrogen) atoms. The van der Waals surface area contributed by atoms with Crippen LogP contribution in [-0.2, 0) is 9.53 Å². The van der Waals surface area contributed by atoms with E-state index >= 15 is 0 Å². The average Bonchev–Trinajstić information content (AvgIpc) is 3.39. The maximum atomic E-state index is 13.4. The maximum Gasteiger partial charge on any atom is 0.410 e. The molecule has 1 saturated carbocycles. The summed E-state index contributed by atoms with van der Waals surface area (Å²) in [5.74, 6) is 1.23. The number of amides is 2. The van der Waals surface area contributed by atoms with Gasteiger partial charge in [-0.3, -0.25) is 4.79 Å². The number of ether oxygens (including phenoxy) is 2. The first-order valence-corrected chi connectivity index (χ1v) is 15.7. The number of nitriles is 1. The van der Waals surface area contributed by atoms with Crippen LogP contribution in [0, 0.1) is 11.3 Å². The van der Waals surface area contributed by atoms with Crippen molar-refractivity contribution in [3.63, 3.8) is 0 Å². The number of piperidine rings is 1. The molecule has 3 N–H and O–H groups in total. The zero-order chi connectivity index (χ0) is 31.4. The number of benzene rings is 2. The molecule has 2 atom stereocenters. The summed E-state index contributed by atoms with van der Waals surface area (Å²) in [4.78, 5) is 32.4. The molecular weight excluding hydrogens is 556 g/mol. The number of likely N-dealkylation sites (tertiary alicyclic amines) is 1. The Balaban J connectivity index is 1.30. The van der Waals surface area contributed by atoms with Crippen LogP contribution in [0.25, 0.3) is 11.0 Å². The molecule has 1 saturated heterocycles. The highest BCUT2D eigenvalue weighted by Crippen LogP contribution is 2.30. The Hall–Kier alpha value is -4.10. The van der Waals surface area contributed by atoms with Gasteiger partial charge in [0, 0.05) is 32.0 Å². The van der Waals surface area contributed by atoms with Crippen LogP contribution in [0.1, 0.15) is 102 Å². The fraction of sp³-hybridized carbons (Fsp3) is 0.529. The molecule has 3 aromatic rings. The molecule has 2 aliphatic rings. The molecule has 2 amide bonds. The predicted molar refractivity (Wildman–Crippen MR) is 168 cm³/mol. The lowest BCUT2D eigenvalue weighted by atomic mass is 9.95. The van der Waals surface area contributed by atoms with Gasteiger partial charge in [-0.15, -0.1) is 0 Å². The summed E-state index contributed by atoms with van der Waals surface area (Å²) in [6, 6.07) is 14.2. The third kappa shape index (κ3) is 7.33. The fourth-order valence-electron chi connectivity index (χ4n) is 6.08. The van der Waals surface area contributed by atoms with Crippen molar-refractivity contribution in [3.8, 4) is 11.8 Å². The number of carbonyl (C=O) groups is 2. The minimum Gasteiger partial charge on any atom is -0.490 e. The molecule has 1 aliphatic heterocycles. The van der Waals surface area contributed by atoms with E-state index in [4.69, 9.17) is 20.2 Å². The summed E-state index contributed by atoms with van der Waals surface area (Å²) in [7, 11) is 0. The van der Waals surface area contributed by atoms with Crippen LogP contribution in [0.15, 0.2) is 42.5 Å². The third-order valence-corrected chi connectivity index (χ3v) is 8.48. The Morgan fingerprint density at radius 3 is 2.36 bits per heavy atom. The Morgan fingerprint density at radius 1 is 1.05 bits per heavy atom. The number of fused-ring (bicyclic) bond motifs is 1. The predicted octanol–water partition coefficient (Wildman–Crippen LogP) is 5.74. The van der Waals surface area contributed by atoms with Crippen molar-refractivity contribution in [2.24, 2.45) is 5.73 Å². The van der Waals surface area contributed by atoms with Gasteiger partial charge in [0.1, 0.15) is 29.3 Å². The van der Waals surface area contributed by atoms with Crippen LogP contribution in [0.5, 0.6) is 5.75 Å². The van der Waals surface area contributed by atoms with E-state index < -0.39 is 17.7 Å². The van der Waals surface area contributed by atoms with Crippen LogP contribution in [0.2, 0.25) is 0 Å². The van der Waals surface area contributed by atoms with Gasteiger partial charge >= 0.3 is 6.09 Å². The molecule has 2 fully saturated rings. The monoisotopic (exact) mass is 600 g/mol. The van der Waals surface area contributed by atoms with Gasteiger partial charge in [-0.05, 0) is 76.4 Å². The van der Waals surface area contributed by atoms with E-state index in [2.05, 4.69) is 11.4 Å². The van der Waals surface area contributed by atoms with Crippen molar-refractivity contribution < 1.29 is 19.1 Å². The molecule has 1 aromatic heterocycles. The van der Waals surface area contributed by atoms with E-state index in [0.29, 0.717) is 30.0 Å². The lowest BCUT2D eigenvalue weighted by Crippen LogP contribution is -2.44. The van der Waals surface area contributed by atoms with Crippen molar-refractivity contribution >= 4 is 23.0 Å². The number of nitrogens with two attached hydrogens (primary N) is 1. The SMILES string of the molecule is CC(C(=O)NC1CCCCC1)n1c(C(N)c2ccc(OC3CCN(C(=O)OC(C)(C)C)CC3)cc2)nc2cc(C#N)ccc21. The van der Waals surface area contributed by atoms with E-state index in [1.807, 2.05) is 62.6 Å². The van der Waals surface area contributed by atoms with Crippen LogP contribution in [-0.4, -0.2) is 57.3 Å². The van der Waals surface area contributed by atoms with Crippen molar-refractivity contribution in [1.82, 2.24) is 19.8 Å². The van der Waals surface area contributed by atoms with E-state index in [1.54, 1.807) is 17.0 Å². The van der Waals surface area contributed by atoms with Gasteiger partial charge in [0.25, 0.3) is 0 Å². The number of aromatic nitrogens is 2. The first kappa shape index (κ1) is 31.3. The molecule has 2 unspecified atom stereocenters. The van der Waals surface area contributed by atoms with Crippen molar-refractivity contribution in [3.05, 3.63) is 59.4 Å². The zero-order valence-corrected chi connectivity index (χ0v) is 26.2. The Bertz CT molecular complexity index is 1510. The smallest absolute Gasteiger partial charge is 0.410 e. The molecule has 1 aliphatic carbocycles. The minimum absolute atomic E-state index is 0.00438. The zero-order valence-electron chi connectivity index (χ0n) is 26.2. The molecule has 234 valence electrons. The van der Waals surface area contributed by atoms with Gasteiger partial charge < -0.3 is 30.0 Å². The van der Waals surface area contributed by atoms with E-state index in [0.717, 1.165) is 55.4 Å². The van der Waals surface area contributed by atoms with Crippen LogP contribution >= 0.6 is 0 Å². The van der Waals surface area contributed by atoms with Gasteiger partial charge in [0.05, 0.1) is 28.7 Å². The number of hydrogen-bond donors (Lipinski definition) is 2. The Labute approximate surface area is 259 Å². The lowest BCUT2D eigenvalue weighted by Gasteiger charge is -2.33. The summed E-state index contributed by atoms with van der Waals surface area (Å²) in [6.07, 6.45) is 6.62. The summed E-state index contributed by atoms with van der Waals surface area (Å²) in [6.45, 7) is 8.64. The largest absolute Gasteiger partial charge is 0.490 e. The van der Waals surface area contributed by atoms with Crippen molar-refractivity contribution in [1.29, 1.82) is 5.26 Å². The Morgan fingerprint density at radius 2 is 1.73 bits per heavy atom. The number of carbonyl (C=O) groups excluding carboxylic acids is 2. The standard InChI is InChI=1S/C34H44N6O4/c1-22(32(41)37-25-8-6-5-7-9-25)40-29-15-10-23(21-35)20-28(29)38-31(40)30(36)24-11-13-26(14-12-24)43-27-16-18-39(19-17-27)33(42)44-34(2,3)4/h10-15,20,22,25,27,30H,5-9,16-19,36H2,1-4H3,(H,37,41). The highest BCUT2D eigenvalue weighted by molar-refractivity contribution is 5.85. The van der Waals surface area contributed by atoms with E-state index in [9.17, 15) is 14.9 Å². The highest BCUT2D eigenvalue weighted by atomic mass is 16.6. The van der Waals surface area contributed by atoms with Gasteiger partial charge in [0.2, 0.25) is 5.91 Å². The summed E-state index contributed by atoms with van der Waals surface area (Å²) >= 11 is 0. The minimum atomic E-state index is -0.607.